The van der Waals surface area contributed by atoms with Gasteiger partial charge < -0.3 is 4.90 Å². The van der Waals surface area contributed by atoms with Crippen molar-refractivity contribution in [2.75, 3.05) is 4.90 Å². The van der Waals surface area contributed by atoms with Crippen molar-refractivity contribution in [1.29, 1.82) is 0 Å². The first kappa shape index (κ1) is 35.7. The SMILES string of the molecule is Cc1cc2c(cc1-c1cc3c(cc1N(c1ccc(-c4ccccc4)cc1)c1cccc4c1CCCC4)C(c1ccccc1)(c1ccccc1)c1ccccc1-3)CCCC2. The van der Waals surface area contributed by atoms with Crippen molar-refractivity contribution in [1.82, 2.24) is 0 Å². The van der Waals surface area contributed by atoms with Gasteiger partial charge in [0, 0.05) is 16.9 Å². The highest BCUT2D eigenvalue weighted by molar-refractivity contribution is 5.98. The highest BCUT2D eigenvalue weighted by Gasteiger charge is 2.47. The zero-order valence-electron chi connectivity index (χ0n) is 33.9. The summed E-state index contributed by atoms with van der Waals surface area (Å²) >= 11 is 0. The first-order valence-corrected chi connectivity index (χ1v) is 21.8. The Labute approximate surface area is 349 Å². The monoisotopic (exact) mass is 759 g/mol. The molecular formula is C58H49N. The molecule has 286 valence electrons. The third kappa shape index (κ3) is 5.90. The predicted molar refractivity (Wildman–Crippen MR) is 247 cm³/mol. The molecule has 0 heterocycles. The van der Waals surface area contributed by atoms with Crippen LogP contribution in [0.15, 0.2) is 182 Å². The lowest BCUT2D eigenvalue weighted by atomic mass is 9.67. The third-order valence-corrected chi connectivity index (χ3v) is 13.6. The van der Waals surface area contributed by atoms with Gasteiger partial charge in [0.25, 0.3) is 0 Å². The molecule has 1 nitrogen and oxygen atoms in total. The zero-order valence-corrected chi connectivity index (χ0v) is 33.9. The van der Waals surface area contributed by atoms with E-state index >= 15 is 0 Å². The van der Waals surface area contributed by atoms with Crippen LogP contribution in [0.25, 0.3) is 33.4 Å². The Balaban J connectivity index is 1.26. The lowest BCUT2D eigenvalue weighted by Gasteiger charge is -2.36. The van der Waals surface area contributed by atoms with Crippen LogP contribution in [0.4, 0.5) is 17.1 Å². The Bertz CT molecular complexity index is 2780. The summed E-state index contributed by atoms with van der Waals surface area (Å²) in [5.74, 6) is 0. The lowest BCUT2D eigenvalue weighted by Crippen LogP contribution is -2.29. The number of nitrogens with zero attached hydrogens (tertiary/aromatic N) is 1. The van der Waals surface area contributed by atoms with Crippen molar-refractivity contribution in [3.8, 4) is 33.4 Å². The first-order chi connectivity index (χ1) is 29.2. The highest BCUT2D eigenvalue weighted by Crippen LogP contribution is 2.59. The molecule has 0 aliphatic heterocycles. The molecular weight excluding hydrogens is 711 g/mol. The quantitative estimate of drug-likeness (QED) is 0.156. The molecule has 0 saturated heterocycles. The number of hydrogen-bond donors (Lipinski definition) is 0. The van der Waals surface area contributed by atoms with E-state index in [9.17, 15) is 0 Å². The second-order valence-electron chi connectivity index (χ2n) is 17.0. The van der Waals surface area contributed by atoms with Crippen molar-refractivity contribution in [2.45, 2.75) is 63.7 Å². The molecule has 1 heteroatoms. The summed E-state index contributed by atoms with van der Waals surface area (Å²) in [6, 6.07) is 69.2. The maximum absolute atomic E-state index is 2.64. The van der Waals surface area contributed by atoms with E-state index in [4.69, 9.17) is 0 Å². The summed E-state index contributed by atoms with van der Waals surface area (Å²) in [4.78, 5) is 2.64. The van der Waals surface area contributed by atoms with Crippen molar-refractivity contribution in [2.24, 2.45) is 0 Å². The van der Waals surface area contributed by atoms with Gasteiger partial charge in [-0.2, -0.15) is 0 Å². The summed E-state index contributed by atoms with van der Waals surface area (Å²) in [6.45, 7) is 2.34. The Morgan fingerprint density at radius 3 is 1.69 bits per heavy atom. The molecule has 0 aromatic heterocycles. The van der Waals surface area contributed by atoms with Gasteiger partial charge in [0.05, 0.1) is 11.1 Å². The van der Waals surface area contributed by atoms with Crippen LogP contribution >= 0.6 is 0 Å². The van der Waals surface area contributed by atoms with E-state index in [1.807, 2.05) is 0 Å². The summed E-state index contributed by atoms with van der Waals surface area (Å²) in [5, 5.41) is 0. The average molecular weight is 760 g/mol. The van der Waals surface area contributed by atoms with E-state index in [0.29, 0.717) is 0 Å². The predicted octanol–water partition coefficient (Wildman–Crippen LogP) is 14.9. The summed E-state index contributed by atoms with van der Waals surface area (Å²) in [5.41, 5.74) is 23.6. The van der Waals surface area contributed by atoms with Gasteiger partial charge in [0.15, 0.2) is 0 Å². The first-order valence-electron chi connectivity index (χ1n) is 21.8. The zero-order chi connectivity index (χ0) is 39.3. The van der Waals surface area contributed by atoms with Gasteiger partial charge in [-0.1, -0.05) is 152 Å². The number of benzene rings is 8. The van der Waals surface area contributed by atoms with E-state index in [-0.39, 0.29) is 0 Å². The van der Waals surface area contributed by atoms with Crippen LogP contribution in [0.3, 0.4) is 0 Å². The maximum atomic E-state index is 2.64. The average Bonchev–Trinajstić information content (AvgIpc) is 3.60. The van der Waals surface area contributed by atoms with Crippen LogP contribution in [0.1, 0.15) is 75.8 Å². The molecule has 8 aromatic carbocycles. The van der Waals surface area contributed by atoms with Crippen LogP contribution in [-0.2, 0) is 31.1 Å². The molecule has 0 fully saturated rings. The fourth-order valence-corrected chi connectivity index (χ4v) is 10.9. The van der Waals surface area contributed by atoms with E-state index in [1.54, 1.807) is 0 Å². The minimum Gasteiger partial charge on any atom is -0.310 e. The lowest BCUT2D eigenvalue weighted by molar-refractivity contribution is 0.685. The molecule has 0 atom stereocenters. The van der Waals surface area contributed by atoms with Crippen LogP contribution in [0.2, 0.25) is 0 Å². The minimum absolute atomic E-state index is 0.508. The molecule has 11 rings (SSSR count). The van der Waals surface area contributed by atoms with Gasteiger partial charge >= 0.3 is 0 Å². The van der Waals surface area contributed by atoms with Gasteiger partial charge in [0.1, 0.15) is 0 Å². The van der Waals surface area contributed by atoms with E-state index in [1.165, 1.54) is 133 Å². The maximum Gasteiger partial charge on any atom is 0.0714 e. The van der Waals surface area contributed by atoms with Gasteiger partial charge in [-0.3, -0.25) is 0 Å². The molecule has 0 amide bonds. The van der Waals surface area contributed by atoms with Crippen molar-refractivity contribution >= 4 is 17.1 Å². The van der Waals surface area contributed by atoms with E-state index in [2.05, 4.69) is 194 Å². The molecule has 3 aliphatic carbocycles. The van der Waals surface area contributed by atoms with Crippen LogP contribution in [-0.4, -0.2) is 0 Å². The standard InChI is InChI=1S/C58H49N/c1-40-36-44-21-11-12-22-45(44)37-51(40)53-38-52-50-29-15-16-30-54(50)58(46-24-7-3-8-25-46,47-26-9-4-10-27-47)55(52)39-57(53)59(56-31-17-23-43-20-13-14-28-49(43)56)48-34-32-42(33-35-48)41-18-5-2-6-19-41/h2-10,15-19,23-27,29-39H,11-14,20-22,28H2,1H3. The molecule has 0 unspecified atom stereocenters. The molecule has 0 saturated carbocycles. The van der Waals surface area contributed by atoms with Gasteiger partial charge in [0.2, 0.25) is 0 Å². The van der Waals surface area contributed by atoms with E-state index < -0.39 is 5.41 Å². The Morgan fingerprint density at radius 1 is 0.390 bits per heavy atom. The highest BCUT2D eigenvalue weighted by atomic mass is 15.1. The Hall–Kier alpha value is -6.44. The van der Waals surface area contributed by atoms with Gasteiger partial charge in [-0.05, 0) is 167 Å². The van der Waals surface area contributed by atoms with Crippen molar-refractivity contribution in [3.63, 3.8) is 0 Å². The second kappa shape index (κ2) is 14.7. The third-order valence-electron chi connectivity index (χ3n) is 13.6. The smallest absolute Gasteiger partial charge is 0.0714 e. The largest absolute Gasteiger partial charge is 0.310 e. The van der Waals surface area contributed by atoms with Crippen LogP contribution in [0, 0.1) is 6.92 Å². The molecule has 0 N–H and O–H groups in total. The second-order valence-corrected chi connectivity index (χ2v) is 17.0. The number of fused-ring (bicyclic) bond motifs is 5. The molecule has 8 aromatic rings. The number of aryl methyl sites for hydroxylation is 4. The molecule has 0 bridgehead atoms. The Kier molecular flexibility index (Phi) is 8.92. The fourth-order valence-electron chi connectivity index (χ4n) is 10.9. The van der Waals surface area contributed by atoms with Crippen LogP contribution in [0.5, 0.6) is 0 Å². The summed E-state index contributed by atoms with van der Waals surface area (Å²) in [7, 11) is 0. The number of anilines is 3. The summed E-state index contributed by atoms with van der Waals surface area (Å²) < 4.78 is 0. The minimum atomic E-state index is -0.508. The molecule has 0 spiro atoms. The number of hydrogen-bond acceptors (Lipinski definition) is 1. The molecule has 59 heavy (non-hydrogen) atoms. The van der Waals surface area contributed by atoms with Crippen molar-refractivity contribution < 1.29 is 0 Å². The van der Waals surface area contributed by atoms with Gasteiger partial charge in [-0.25, -0.2) is 0 Å². The number of rotatable bonds is 7. The normalized spacial score (nSPS) is 14.8. The van der Waals surface area contributed by atoms with E-state index in [0.717, 1.165) is 19.3 Å². The molecule has 0 radical (unpaired) electrons. The fraction of sp³-hybridized carbons (Fsp3) is 0.172. The van der Waals surface area contributed by atoms with Gasteiger partial charge in [-0.15, -0.1) is 0 Å². The summed E-state index contributed by atoms with van der Waals surface area (Å²) in [6.07, 6.45) is 9.53. The Morgan fingerprint density at radius 2 is 0.983 bits per heavy atom. The van der Waals surface area contributed by atoms with Crippen molar-refractivity contribution in [3.05, 3.63) is 232 Å². The van der Waals surface area contributed by atoms with Crippen LogP contribution < -0.4 is 4.90 Å². The molecule has 3 aliphatic rings. The topological polar surface area (TPSA) is 3.24 Å².